The number of nitrogens with zero attached hydrogens (tertiary/aromatic N) is 2. The normalized spacial score (nSPS) is 16.9. The Hall–Kier alpha value is -5.49. The first-order chi connectivity index (χ1) is 23.4. The molecule has 0 unspecified atom stereocenters. The average molecular weight is 652 g/mol. The summed E-state index contributed by atoms with van der Waals surface area (Å²) in [5, 5.41) is 18.3. The third kappa shape index (κ3) is 6.91. The minimum atomic E-state index is -0.828. The molecule has 0 radical (unpaired) electrons. The van der Waals surface area contributed by atoms with Crippen LogP contribution in [0.3, 0.4) is 0 Å². The second-order valence-corrected chi connectivity index (χ2v) is 13.9. The largest absolute Gasteiger partial charge is 0.481 e. The van der Waals surface area contributed by atoms with E-state index in [0.717, 1.165) is 22.3 Å². The van der Waals surface area contributed by atoms with Crippen LogP contribution >= 0.6 is 0 Å². The highest BCUT2D eigenvalue weighted by molar-refractivity contribution is 6.03. The van der Waals surface area contributed by atoms with Crippen molar-refractivity contribution in [1.29, 1.82) is 0 Å². The van der Waals surface area contributed by atoms with E-state index in [-0.39, 0.29) is 23.7 Å². The van der Waals surface area contributed by atoms with Gasteiger partial charge in [-0.2, -0.15) is 4.58 Å². The molecular weight excluding hydrogens is 608 g/mol. The molecular formula is C43H43N2O4+. The van der Waals surface area contributed by atoms with E-state index in [9.17, 15) is 19.8 Å². The molecule has 49 heavy (non-hydrogen) atoms. The molecule has 0 saturated carbocycles. The second-order valence-electron chi connectivity index (χ2n) is 13.9. The van der Waals surface area contributed by atoms with Gasteiger partial charge in [0.05, 0.1) is 18.3 Å². The first kappa shape index (κ1) is 33.4. The lowest BCUT2D eigenvalue weighted by Gasteiger charge is -2.27. The number of hydrogen-bond acceptors (Lipinski definition) is 3. The lowest BCUT2D eigenvalue weighted by atomic mass is 9.81. The van der Waals surface area contributed by atoms with E-state index in [1.54, 1.807) is 0 Å². The average Bonchev–Trinajstić information content (AvgIpc) is 3.41. The third-order valence-electron chi connectivity index (χ3n) is 9.77. The van der Waals surface area contributed by atoms with Crippen molar-refractivity contribution < 1.29 is 24.4 Å². The van der Waals surface area contributed by atoms with Crippen molar-refractivity contribution in [3.8, 4) is 0 Å². The Morgan fingerprint density at radius 2 is 1.20 bits per heavy atom. The van der Waals surface area contributed by atoms with Crippen molar-refractivity contribution in [1.82, 2.24) is 0 Å². The van der Waals surface area contributed by atoms with Gasteiger partial charge in [-0.05, 0) is 48.2 Å². The van der Waals surface area contributed by atoms with Gasteiger partial charge in [0.25, 0.3) is 0 Å². The molecule has 0 fully saturated rings. The van der Waals surface area contributed by atoms with Crippen LogP contribution in [-0.2, 0) is 46.4 Å². The summed E-state index contributed by atoms with van der Waals surface area (Å²) in [7, 11) is 0. The topological polar surface area (TPSA) is 80.9 Å². The summed E-state index contributed by atoms with van der Waals surface area (Å²) >= 11 is 0. The molecule has 4 aromatic carbocycles. The predicted octanol–water partition coefficient (Wildman–Crippen LogP) is 8.51. The van der Waals surface area contributed by atoms with Crippen molar-refractivity contribution in [3.63, 3.8) is 0 Å². The van der Waals surface area contributed by atoms with E-state index in [1.807, 2.05) is 48.5 Å². The summed E-state index contributed by atoms with van der Waals surface area (Å²) in [6, 6.07) is 32.8. The number of benzene rings is 4. The number of carboxylic acids is 2. The molecule has 0 atom stereocenters. The van der Waals surface area contributed by atoms with Crippen molar-refractivity contribution in [2.75, 3.05) is 4.90 Å². The zero-order valence-corrected chi connectivity index (χ0v) is 28.6. The molecule has 248 valence electrons. The van der Waals surface area contributed by atoms with Crippen LogP contribution < -0.4 is 4.90 Å². The van der Waals surface area contributed by atoms with Gasteiger partial charge in [0.1, 0.15) is 0 Å². The number of aliphatic carboxylic acids is 2. The third-order valence-corrected chi connectivity index (χ3v) is 9.77. The smallest absolute Gasteiger partial charge is 0.307 e. The van der Waals surface area contributed by atoms with Crippen LogP contribution in [0.15, 0.2) is 133 Å². The molecule has 6 heteroatoms. The summed E-state index contributed by atoms with van der Waals surface area (Å²) in [5.41, 5.74) is 10.7. The molecule has 4 aromatic rings. The first-order valence-corrected chi connectivity index (χ1v) is 16.7. The standard InChI is InChI=1S/C43H42N2O4/c1-42(2)34-12-8-10-14-36(34)44(28-32-22-18-30(19-23-32)26-40(46)47)38(42)16-6-5-7-17-39-43(3,4)35-13-9-11-15-37(35)45(39)29-33-24-20-31(21-25-33)27-41(48)49/h5-25H,26-29H2,1-4H3,(H-,46,47,48,49)/p+1. The lowest BCUT2D eigenvalue weighted by Crippen LogP contribution is -2.27. The maximum absolute atomic E-state index is 11.2. The molecule has 0 amide bonds. The summed E-state index contributed by atoms with van der Waals surface area (Å²) in [5.74, 6) is -1.66. The van der Waals surface area contributed by atoms with Crippen LogP contribution in [0.4, 0.5) is 11.4 Å². The first-order valence-electron chi connectivity index (χ1n) is 16.7. The Labute approximate surface area is 288 Å². The van der Waals surface area contributed by atoms with Crippen molar-refractivity contribution in [2.45, 2.75) is 64.5 Å². The molecule has 2 N–H and O–H groups in total. The van der Waals surface area contributed by atoms with Crippen molar-refractivity contribution >= 4 is 29.0 Å². The van der Waals surface area contributed by atoms with Gasteiger partial charge in [-0.3, -0.25) is 9.59 Å². The van der Waals surface area contributed by atoms with E-state index >= 15 is 0 Å². The summed E-state index contributed by atoms with van der Waals surface area (Å²) < 4.78 is 2.37. The van der Waals surface area contributed by atoms with Crippen LogP contribution in [0.1, 0.15) is 61.1 Å². The van der Waals surface area contributed by atoms with Crippen LogP contribution in [0.5, 0.6) is 0 Å². The van der Waals surface area contributed by atoms with E-state index in [2.05, 4.69) is 116 Å². The number of anilines is 1. The van der Waals surface area contributed by atoms with Crippen LogP contribution in [0.2, 0.25) is 0 Å². The summed E-state index contributed by atoms with van der Waals surface area (Å²) in [4.78, 5) is 24.7. The molecule has 6 rings (SSSR count). The second kappa shape index (κ2) is 13.6. The molecule has 0 bridgehead atoms. The van der Waals surface area contributed by atoms with Gasteiger partial charge in [0.2, 0.25) is 5.69 Å². The van der Waals surface area contributed by atoms with E-state index in [4.69, 9.17) is 0 Å². The number of carboxylic acid groups (broad SMARTS) is 2. The number of para-hydroxylation sites is 2. The maximum Gasteiger partial charge on any atom is 0.307 e. The van der Waals surface area contributed by atoms with Gasteiger partial charge in [0, 0.05) is 46.6 Å². The highest BCUT2D eigenvalue weighted by Gasteiger charge is 2.44. The number of carbonyl (C=O) groups is 2. The Balaban J connectivity index is 1.28. The predicted molar refractivity (Wildman–Crippen MR) is 196 cm³/mol. The number of allylic oxidation sites excluding steroid dienone is 6. The van der Waals surface area contributed by atoms with Gasteiger partial charge in [-0.15, -0.1) is 0 Å². The fourth-order valence-corrected chi connectivity index (χ4v) is 7.22. The van der Waals surface area contributed by atoms with Gasteiger partial charge < -0.3 is 15.1 Å². The van der Waals surface area contributed by atoms with Crippen LogP contribution in [-0.4, -0.2) is 32.4 Å². The van der Waals surface area contributed by atoms with Gasteiger partial charge >= 0.3 is 11.9 Å². The summed E-state index contributed by atoms with van der Waals surface area (Å²) in [6.45, 7) is 10.4. The fourth-order valence-electron chi connectivity index (χ4n) is 7.22. The van der Waals surface area contributed by atoms with Crippen molar-refractivity contribution in [2.24, 2.45) is 0 Å². The maximum atomic E-state index is 11.2. The Kier molecular flexibility index (Phi) is 9.24. The molecule has 0 aliphatic carbocycles. The lowest BCUT2D eigenvalue weighted by molar-refractivity contribution is -0.455. The minimum absolute atomic E-state index is 0.0190. The molecule has 2 aliphatic heterocycles. The zero-order chi connectivity index (χ0) is 34.8. The van der Waals surface area contributed by atoms with E-state index in [1.165, 1.54) is 33.9 Å². The number of hydrogen-bond donors (Lipinski definition) is 2. The SMILES string of the molecule is CC1(C)C(=CC=CC=CC2=[N+](Cc3ccc(CC(=O)O)cc3)c3ccccc3C2(C)C)N(Cc2ccc(CC(=O)O)cc2)c2ccccc21. The van der Waals surface area contributed by atoms with E-state index < -0.39 is 11.9 Å². The van der Waals surface area contributed by atoms with Crippen LogP contribution in [0.25, 0.3) is 0 Å². The Morgan fingerprint density at radius 3 is 1.84 bits per heavy atom. The highest BCUT2D eigenvalue weighted by atomic mass is 16.4. The van der Waals surface area contributed by atoms with Crippen LogP contribution in [0, 0.1) is 0 Å². The van der Waals surface area contributed by atoms with Crippen molar-refractivity contribution in [3.05, 3.63) is 167 Å². The molecule has 0 saturated heterocycles. The molecule has 0 aromatic heterocycles. The number of rotatable bonds is 11. The minimum Gasteiger partial charge on any atom is -0.481 e. The Bertz CT molecular complexity index is 2010. The van der Waals surface area contributed by atoms with E-state index in [0.29, 0.717) is 13.1 Å². The molecule has 2 aliphatic rings. The Morgan fingerprint density at radius 1 is 0.653 bits per heavy atom. The molecule has 2 heterocycles. The monoisotopic (exact) mass is 651 g/mol. The fraction of sp³-hybridized carbons (Fsp3) is 0.233. The zero-order valence-electron chi connectivity index (χ0n) is 28.6. The molecule has 0 spiro atoms. The quantitative estimate of drug-likeness (QED) is 0.126. The van der Waals surface area contributed by atoms with Gasteiger partial charge in [-0.25, -0.2) is 0 Å². The summed E-state index contributed by atoms with van der Waals surface area (Å²) in [6.07, 6.45) is 10.8. The molecule has 6 nitrogen and oxygen atoms in total. The van der Waals surface area contributed by atoms with Gasteiger partial charge in [-0.1, -0.05) is 117 Å². The number of fused-ring (bicyclic) bond motifs is 2. The highest BCUT2D eigenvalue weighted by Crippen LogP contribution is 2.48. The van der Waals surface area contributed by atoms with Gasteiger partial charge in [0.15, 0.2) is 12.3 Å².